The predicted molar refractivity (Wildman–Crippen MR) is 68.8 cm³/mol. The average molecular weight is 284 g/mol. The van der Waals surface area contributed by atoms with Crippen LogP contribution < -0.4 is 5.32 Å². The van der Waals surface area contributed by atoms with Crippen LogP contribution in [0, 0.1) is 5.41 Å². The maximum absolute atomic E-state index is 4.76. The van der Waals surface area contributed by atoms with Gasteiger partial charge in [0.15, 0.2) is 0 Å². The predicted octanol–water partition coefficient (Wildman–Crippen LogP) is 3.36. The van der Waals surface area contributed by atoms with Gasteiger partial charge in [-0.15, -0.1) is 0 Å². The van der Waals surface area contributed by atoms with E-state index in [0.717, 1.165) is 13.0 Å². The lowest BCUT2D eigenvalue weighted by molar-refractivity contribution is 0.283. The topological polar surface area (TPSA) is 29.9 Å². The lowest BCUT2D eigenvalue weighted by atomic mass is 9.95. The molecule has 3 rings (SSSR count). The second-order valence-corrected chi connectivity index (χ2v) is 6.09. The van der Waals surface area contributed by atoms with Crippen LogP contribution in [0.5, 0.6) is 0 Å². The number of hydrogen-bond acceptors (Lipinski definition) is 2. The molecule has 0 aromatic carbocycles. The molecule has 3 nitrogen and oxygen atoms in total. The fraction of sp³-hybridized carbons (Fsp3) is 0.750. The van der Waals surface area contributed by atoms with E-state index in [1.165, 1.54) is 35.2 Å². The molecular formula is C12H18BrN3. The van der Waals surface area contributed by atoms with E-state index in [2.05, 4.69) is 39.8 Å². The van der Waals surface area contributed by atoms with Gasteiger partial charge >= 0.3 is 0 Å². The van der Waals surface area contributed by atoms with Gasteiger partial charge in [-0.3, -0.25) is 0 Å². The highest BCUT2D eigenvalue weighted by Crippen LogP contribution is 2.56. The fourth-order valence-electron chi connectivity index (χ4n) is 2.69. The van der Waals surface area contributed by atoms with Crippen LogP contribution in [0.4, 0.5) is 5.82 Å². The zero-order chi connectivity index (χ0) is 11.3. The van der Waals surface area contributed by atoms with E-state index in [1.807, 2.05) is 0 Å². The van der Waals surface area contributed by atoms with Crippen LogP contribution >= 0.6 is 15.9 Å². The number of halogens is 1. The number of aromatic nitrogens is 2. The van der Waals surface area contributed by atoms with E-state index in [4.69, 9.17) is 5.10 Å². The minimum atomic E-state index is 0.507. The largest absolute Gasteiger partial charge is 0.369 e. The van der Waals surface area contributed by atoms with Gasteiger partial charge in [0, 0.05) is 6.54 Å². The third-order valence-corrected chi connectivity index (χ3v) is 4.94. The summed E-state index contributed by atoms with van der Waals surface area (Å²) in [5, 5.41) is 8.23. The number of anilines is 1. The lowest BCUT2D eigenvalue weighted by Gasteiger charge is -2.30. The summed E-state index contributed by atoms with van der Waals surface area (Å²) in [6.45, 7) is 5.63. The van der Waals surface area contributed by atoms with Crippen molar-refractivity contribution in [2.45, 2.75) is 45.6 Å². The summed E-state index contributed by atoms with van der Waals surface area (Å²) in [5.74, 6) is 1.20. The molecule has 1 aliphatic heterocycles. The molecule has 1 atom stereocenters. The summed E-state index contributed by atoms with van der Waals surface area (Å²) in [6.07, 6.45) is 4.92. The average Bonchev–Trinajstić information content (AvgIpc) is 2.95. The van der Waals surface area contributed by atoms with Gasteiger partial charge in [0.2, 0.25) is 0 Å². The molecule has 0 spiro atoms. The third-order valence-electron chi connectivity index (χ3n) is 4.10. The van der Waals surface area contributed by atoms with Gasteiger partial charge in [-0.05, 0) is 47.0 Å². The van der Waals surface area contributed by atoms with Crippen LogP contribution in [0.1, 0.15) is 44.8 Å². The quantitative estimate of drug-likeness (QED) is 0.902. The summed E-state index contributed by atoms with van der Waals surface area (Å²) < 4.78 is 3.41. The van der Waals surface area contributed by atoms with Crippen molar-refractivity contribution in [1.29, 1.82) is 0 Å². The highest BCUT2D eigenvalue weighted by molar-refractivity contribution is 9.10. The van der Waals surface area contributed by atoms with Gasteiger partial charge in [-0.1, -0.05) is 13.8 Å². The first kappa shape index (κ1) is 10.6. The Hall–Kier alpha value is -0.510. The second-order valence-electron chi connectivity index (χ2n) is 5.29. The molecule has 1 unspecified atom stereocenters. The standard InChI is InChI=1S/C12H18BrN3/c1-3-8-10(13)11-14-7-4-9(16(11)15-8)12(2)5-6-12/h9,14H,3-7H2,1-2H3. The van der Waals surface area contributed by atoms with Crippen molar-refractivity contribution < 1.29 is 0 Å². The van der Waals surface area contributed by atoms with Gasteiger partial charge in [0.25, 0.3) is 0 Å². The molecule has 0 bridgehead atoms. The van der Waals surface area contributed by atoms with Crippen molar-refractivity contribution in [3.05, 3.63) is 10.2 Å². The van der Waals surface area contributed by atoms with E-state index in [-0.39, 0.29) is 0 Å². The number of fused-ring (bicyclic) bond motifs is 1. The monoisotopic (exact) mass is 283 g/mol. The zero-order valence-corrected chi connectivity index (χ0v) is 11.5. The number of nitrogens with one attached hydrogen (secondary N) is 1. The number of hydrogen-bond donors (Lipinski definition) is 1. The highest BCUT2D eigenvalue weighted by Gasteiger charge is 2.47. The van der Waals surface area contributed by atoms with Crippen molar-refractivity contribution in [3.63, 3.8) is 0 Å². The molecule has 0 amide bonds. The summed E-state index contributed by atoms with van der Waals surface area (Å²) in [6, 6.07) is 0.598. The van der Waals surface area contributed by atoms with Crippen LogP contribution in [-0.2, 0) is 6.42 Å². The molecule has 88 valence electrons. The van der Waals surface area contributed by atoms with Crippen LogP contribution in [0.3, 0.4) is 0 Å². The van der Waals surface area contributed by atoms with E-state index >= 15 is 0 Å². The maximum Gasteiger partial charge on any atom is 0.139 e. The van der Waals surface area contributed by atoms with E-state index < -0.39 is 0 Å². The normalized spacial score (nSPS) is 26.1. The molecule has 0 radical (unpaired) electrons. The fourth-order valence-corrected chi connectivity index (χ4v) is 3.38. The van der Waals surface area contributed by atoms with Crippen molar-refractivity contribution in [3.8, 4) is 0 Å². The van der Waals surface area contributed by atoms with E-state index in [1.54, 1.807) is 0 Å². The second kappa shape index (κ2) is 3.49. The molecule has 1 saturated carbocycles. The molecule has 1 aromatic rings. The van der Waals surface area contributed by atoms with E-state index in [9.17, 15) is 0 Å². The Morgan fingerprint density at radius 3 is 2.94 bits per heavy atom. The molecule has 1 fully saturated rings. The minimum Gasteiger partial charge on any atom is -0.369 e. The van der Waals surface area contributed by atoms with Crippen LogP contribution in [0.25, 0.3) is 0 Å². The minimum absolute atomic E-state index is 0.507. The first-order valence-electron chi connectivity index (χ1n) is 6.16. The Morgan fingerprint density at radius 2 is 2.31 bits per heavy atom. The molecule has 16 heavy (non-hydrogen) atoms. The van der Waals surface area contributed by atoms with Crippen LogP contribution in [-0.4, -0.2) is 16.3 Å². The van der Waals surface area contributed by atoms with Crippen molar-refractivity contribution in [1.82, 2.24) is 9.78 Å². The summed E-state index contributed by atoms with van der Waals surface area (Å²) >= 11 is 3.67. The summed E-state index contributed by atoms with van der Waals surface area (Å²) in [4.78, 5) is 0. The van der Waals surface area contributed by atoms with Gasteiger partial charge in [-0.25, -0.2) is 4.68 Å². The zero-order valence-electron chi connectivity index (χ0n) is 9.89. The third kappa shape index (κ3) is 1.42. The molecular weight excluding hydrogens is 266 g/mol. The Balaban J connectivity index is 2.05. The Kier molecular flexibility index (Phi) is 2.32. The number of aryl methyl sites for hydroxylation is 1. The van der Waals surface area contributed by atoms with Gasteiger partial charge < -0.3 is 5.32 Å². The first-order valence-corrected chi connectivity index (χ1v) is 6.96. The number of rotatable bonds is 2. The van der Waals surface area contributed by atoms with Gasteiger partial charge in [0.05, 0.1) is 16.2 Å². The Morgan fingerprint density at radius 1 is 1.56 bits per heavy atom. The van der Waals surface area contributed by atoms with Gasteiger partial charge in [-0.2, -0.15) is 5.10 Å². The van der Waals surface area contributed by atoms with Crippen LogP contribution in [0.15, 0.2) is 4.47 Å². The first-order chi connectivity index (χ1) is 7.65. The number of nitrogens with zero attached hydrogens (tertiary/aromatic N) is 2. The molecule has 2 heterocycles. The van der Waals surface area contributed by atoms with Crippen molar-refractivity contribution in [2.24, 2.45) is 5.41 Å². The molecule has 1 N–H and O–H groups in total. The van der Waals surface area contributed by atoms with Crippen molar-refractivity contribution in [2.75, 3.05) is 11.9 Å². The van der Waals surface area contributed by atoms with Crippen LogP contribution in [0.2, 0.25) is 0 Å². The maximum atomic E-state index is 4.76. The molecule has 0 saturated heterocycles. The van der Waals surface area contributed by atoms with E-state index in [0.29, 0.717) is 11.5 Å². The van der Waals surface area contributed by atoms with Crippen molar-refractivity contribution >= 4 is 21.7 Å². The summed E-state index contributed by atoms with van der Waals surface area (Å²) in [7, 11) is 0. The molecule has 1 aromatic heterocycles. The SMILES string of the molecule is CCc1nn2c(c1Br)NCCC2C1(C)CC1. The molecule has 1 aliphatic carbocycles. The molecule has 4 heteroatoms. The smallest absolute Gasteiger partial charge is 0.139 e. The van der Waals surface area contributed by atoms with Gasteiger partial charge in [0.1, 0.15) is 5.82 Å². The Labute approximate surface area is 105 Å². The highest BCUT2D eigenvalue weighted by atomic mass is 79.9. The Bertz CT molecular complexity index is 420. The molecule has 2 aliphatic rings. The lowest BCUT2D eigenvalue weighted by Crippen LogP contribution is -2.28. The summed E-state index contributed by atoms with van der Waals surface area (Å²) in [5.41, 5.74) is 1.69.